The standard InChI is InChI=1S/C14H18O6/c1-7(2)14(17)18-5-9(16)11-10-4-8(3)12(20-10)13(11)19-6-15/h6,8,10-13H,1,4-5H2,2-3H3. The fourth-order valence-corrected chi connectivity index (χ4v) is 2.91. The summed E-state index contributed by atoms with van der Waals surface area (Å²) >= 11 is 0. The van der Waals surface area contributed by atoms with Crippen LogP contribution in [0.4, 0.5) is 0 Å². The second kappa shape index (κ2) is 5.75. The second-order valence-electron chi connectivity index (χ2n) is 5.40. The normalized spacial score (nSPS) is 34.6. The average Bonchev–Trinajstić information content (AvgIpc) is 2.92. The lowest BCUT2D eigenvalue weighted by Crippen LogP contribution is -2.44. The Labute approximate surface area is 117 Å². The van der Waals surface area contributed by atoms with Gasteiger partial charge in [0.05, 0.1) is 18.1 Å². The highest BCUT2D eigenvalue weighted by Crippen LogP contribution is 2.44. The Morgan fingerprint density at radius 3 is 2.75 bits per heavy atom. The Morgan fingerprint density at radius 2 is 2.15 bits per heavy atom. The van der Waals surface area contributed by atoms with Crippen molar-refractivity contribution in [3.05, 3.63) is 12.2 Å². The fraction of sp³-hybridized carbons (Fsp3) is 0.643. The van der Waals surface area contributed by atoms with Crippen molar-refractivity contribution in [2.24, 2.45) is 11.8 Å². The van der Waals surface area contributed by atoms with Crippen molar-refractivity contribution in [3.8, 4) is 0 Å². The molecule has 0 saturated carbocycles. The summed E-state index contributed by atoms with van der Waals surface area (Å²) in [5.74, 6) is -1.21. The summed E-state index contributed by atoms with van der Waals surface area (Å²) in [5.41, 5.74) is 0.233. The third-order valence-electron chi connectivity index (χ3n) is 3.85. The highest BCUT2D eigenvalue weighted by Gasteiger charge is 2.56. The van der Waals surface area contributed by atoms with Crippen LogP contribution in [-0.4, -0.2) is 43.1 Å². The minimum Gasteiger partial charge on any atom is -0.461 e. The Hall–Kier alpha value is -1.69. The van der Waals surface area contributed by atoms with Gasteiger partial charge in [-0.3, -0.25) is 9.59 Å². The van der Waals surface area contributed by atoms with E-state index in [2.05, 4.69) is 6.58 Å². The van der Waals surface area contributed by atoms with E-state index >= 15 is 0 Å². The van der Waals surface area contributed by atoms with Gasteiger partial charge >= 0.3 is 5.97 Å². The van der Waals surface area contributed by atoms with Gasteiger partial charge in [0.2, 0.25) is 0 Å². The third kappa shape index (κ3) is 2.60. The van der Waals surface area contributed by atoms with E-state index in [0.717, 1.165) is 6.42 Å². The molecule has 2 heterocycles. The van der Waals surface area contributed by atoms with Gasteiger partial charge in [0.15, 0.2) is 12.4 Å². The van der Waals surface area contributed by atoms with Gasteiger partial charge in [-0.25, -0.2) is 4.79 Å². The van der Waals surface area contributed by atoms with Crippen LogP contribution in [0, 0.1) is 11.8 Å². The molecular weight excluding hydrogens is 264 g/mol. The van der Waals surface area contributed by atoms with E-state index in [4.69, 9.17) is 14.2 Å². The van der Waals surface area contributed by atoms with Crippen LogP contribution in [0.25, 0.3) is 0 Å². The number of carbonyl (C=O) groups excluding carboxylic acids is 3. The molecule has 0 amide bonds. The van der Waals surface area contributed by atoms with Gasteiger partial charge in [0.1, 0.15) is 6.10 Å². The quantitative estimate of drug-likeness (QED) is 0.404. The first-order valence-electron chi connectivity index (χ1n) is 6.55. The molecule has 0 aromatic heterocycles. The first-order valence-corrected chi connectivity index (χ1v) is 6.55. The lowest BCUT2D eigenvalue weighted by Gasteiger charge is -2.28. The van der Waals surface area contributed by atoms with Crippen molar-refractivity contribution in [3.63, 3.8) is 0 Å². The van der Waals surface area contributed by atoms with E-state index in [1.807, 2.05) is 6.92 Å². The van der Waals surface area contributed by atoms with Gasteiger partial charge in [-0.05, 0) is 19.3 Å². The number of esters is 1. The van der Waals surface area contributed by atoms with Crippen LogP contribution in [0.1, 0.15) is 20.3 Å². The topological polar surface area (TPSA) is 78.9 Å². The molecular formula is C14H18O6. The lowest BCUT2D eigenvalue weighted by molar-refractivity contribution is -0.150. The molecule has 6 nitrogen and oxygen atoms in total. The van der Waals surface area contributed by atoms with E-state index in [-0.39, 0.29) is 36.1 Å². The van der Waals surface area contributed by atoms with E-state index in [1.54, 1.807) is 0 Å². The minimum absolute atomic E-state index is 0.233. The van der Waals surface area contributed by atoms with Gasteiger partial charge in [0, 0.05) is 5.57 Å². The van der Waals surface area contributed by atoms with Crippen molar-refractivity contribution >= 4 is 18.2 Å². The maximum absolute atomic E-state index is 12.2. The summed E-state index contributed by atoms with van der Waals surface area (Å²) in [4.78, 5) is 34.0. The largest absolute Gasteiger partial charge is 0.461 e. The molecule has 5 atom stereocenters. The SMILES string of the molecule is C=C(C)C(=O)OCC(=O)C1C2CC(C)C(O2)C1OC=O. The van der Waals surface area contributed by atoms with Crippen molar-refractivity contribution in [2.45, 2.75) is 38.6 Å². The molecule has 2 fully saturated rings. The lowest BCUT2D eigenvalue weighted by atomic mass is 9.78. The maximum atomic E-state index is 12.2. The maximum Gasteiger partial charge on any atom is 0.333 e. The van der Waals surface area contributed by atoms with E-state index in [1.165, 1.54) is 6.92 Å². The monoisotopic (exact) mass is 282 g/mol. The Balaban J connectivity index is 2.00. The molecule has 0 radical (unpaired) electrons. The van der Waals surface area contributed by atoms with Crippen LogP contribution in [-0.2, 0) is 28.6 Å². The van der Waals surface area contributed by atoms with Crippen molar-refractivity contribution in [1.29, 1.82) is 0 Å². The molecule has 0 aromatic carbocycles. The van der Waals surface area contributed by atoms with Gasteiger partial charge in [-0.15, -0.1) is 0 Å². The highest BCUT2D eigenvalue weighted by molar-refractivity contribution is 5.91. The second-order valence-corrected chi connectivity index (χ2v) is 5.40. The summed E-state index contributed by atoms with van der Waals surface area (Å²) in [5, 5.41) is 0. The zero-order valence-electron chi connectivity index (χ0n) is 11.5. The number of hydrogen-bond acceptors (Lipinski definition) is 6. The van der Waals surface area contributed by atoms with Crippen LogP contribution in [0.2, 0.25) is 0 Å². The van der Waals surface area contributed by atoms with E-state index in [9.17, 15) is 14.4 Å². The molecule has 6 heteroatoms. The molecule has 5 unspecified atom stereocenters. The number of ether oxygens (including phenoxy) is 3. The average molecular weight is 282 g/mol. The predicted molar refractivity (Wildman–Crippen MR) is 67.6 cm³/mol. The predicted octanol–water partition coefficient (Wildman–Crippen LogP) is 0.640. The highest BCUT2D eigenvalue weighted by atomic mass is 16.6. The molecule has 2 saturated heterocycles. The smallest absolute Gasteiger partial charge is 0.333 e. The molecule has 2 bridgehead atoms. The summed E-state index contributed by atoms with van der Waals surface area (Å²) in [7, 11) is 0. The van der Waals surface area contributed by atoms with Gasteiger partial charge < -0.3 is 14.2 Å². The van der Waals surface area contributed by atoms with Crippen molar-refractivity contribution < 1.29 is 28.6 Å². The number of rotatable bonds is 6. The van der Waals surface area contributed by atoms with Gasteiger partial charge in [0.25, 0.3) is 6.47 Å². The zero-order valence-corrected chi connectivity index (χ0v) is 11.5. The number of hydrogen-bond donors (Lipinski definition) is 0. The van der Waals surface area contributed by atoms with Crippen molar-refractivity contribution in [1.82, 2.24) is 0 Å². The summed E-state index contributed by atoms with van der Waals surface area (Å²) < 4.78 is 15.5. The first kappa shape index (κ1) is 14.7. The van der Waals surface area contributed by atoms with E-state index in [0.29, 0.717) is 6.47 Å². The third-order valence-corrected chi connectivity index (χ3v) is 3.85. The summed E-state index contributed by atoms with van der Waals surface area (Å²) in [6, 6.07) is 0. The minimum atomic E-state index is -0.608. The van der Waals surface area contributed by atoms with Gasteiger partial charge in [-0.2, -0.15) is 0 Å². The summed E-state index contributed by atoms with van der Waals surface area (Å²) in [6.45, 7) is 6.93. The molecule has 110 valence electrons. The van der Waals surface area contributed by atoms with Crippen molar-refractivity contribution in [2.75, 3.05) is 6.61 Å². The molecule has 2 aliphatic rings. The molecule has 2 aliphatic heterocycles. The number of carbonyl (C=O) groups is 3. The van der Waals surface area contributed by atoms with E-state index < -0.39 is 18.0 Å². The Kier molecular flexibility index (Phi) is 4.23. The van der Waals surface area contributed by atoms with Crippen LogP contribution < -0.4 is 0 Å². The molecule has 0 aliphatic carbocycles. The Morgan fingerprint density at radius 1 is 1.45 bits per heavy atom. The fourth-order valence-electron chi connectivity index (χ4n) is 2.91. The summed E-state index contributed by atoms with van der Waals surface area (Å²) in [6.07, 6.45) is -0.363. The molecule has 0 spiro atoms. The molecule has 20 heavy (non-hydrogen) atoms. The van der Waals surface area contributed by atoms with Crippen LogP contribution in [0.5, 0.6) is 0 Å². The number of ketones is 1. The van der Waals surface area contributed by atoms with Crippen LogP contribution in [0.3, 0.4) is 0 Å². The number of Topliss-reactive ketones (excluding diaryl/α,β-unsaturated/α-hetero) is 1. The van der Waals surface area contributed by atoms with Crippen LogP contribution in [0.15, 0.2) is 12.2 Å². The Bertz CT molecular complexity index is 443. The molecule has 2 rings (SSSR count). The molecule has 0 N–H and O–H groups in total. The molecule has 0 aromatic rings. The number of fused-ring (bicyclic) bond motifs is 2. The zero-order chi connectivity index (χ0) is 14.9. The van der Waals surface area contributed by atoms with Crippen LogP contribution >= 0.6 is 0 Å². The van der Waals surface area contributed by atoms with Gasteiger partial charge in [-0.1, -0.05) is 13.5 Å². The first-order chi connectivity index (χ1) is 9.45.